The van der Waals surface area contributed by atoms with Gasteiger partial charge < -0.3 is 29.0 Å². The lowest BCUT2D eigenvalue weighted by atomic mass is 9.74. The van der Waals surface area contributed by atoms with Crippen LogP contribution in [0.1, 0.15) is 68.2 Å². The summed E-state index contributed by atoms with van der Waals surface area (Å²) in [7, 11) is 7.59. The molecule has 9 atom stereocenters. The number of ketones is 1. The molecule has 0 aliphatic carbocycles. The number of esters is 1. The Morgan fingerprint density at radius 3 is 2.24 bits per heavy atom. The molecule has 0 radical (unpaired) electrons. The molecule has 0 bridgehead atoms. The standard InChI is InChI=1S/C34H64N4O7/c1-22(2)38-15-13-37(14-16-38)20-26-21-43-32(41)33(6,7)29(40)25(5)30(34(8,42-12)18-23(3)19-36(26)11)45-31-28(39)27(35(9)10)17-24(4)44-31/h22-28,30-31,39H,13-21H2,1-12H3/t23-,24-,25+,26+,27+,28-,30-,31+,34-/m1/s1. The Balaban J connectivity index is 1.91. The number of carbonyl (C=O) groups excluding carboxylic acids is 2. The second-order valence-corrected chi connectivity index (χ2v) is 15.4. The zero-order valence-corrected chi connectivity index (χ0v) is 30.2. The average molecular weight is 641 g/mol. The SMILES string of the molecule is CO[C@]1(C)C[C@@H](C)CN(C)[C@@H](CN2CCN(C(C)C)CC2)COC(=O)C(C)(C)C(=O)[C@H](C)[C@H]1O[C@@H]1O[C@H](C)C[C@H](N(C)C)[C@H]1O. The molecule has 3 heterocycles. The van der Waals surface area contributed by atoms with Crippen LogP contribution in [0.3, 0.4) is 0 Å². The zero-order chi connectivity index (χ0) is 33.9. The van der Waals surface area contributed by atoms with Crippen LogP contribution in [-0.2, 0) is 28.5 Å². The molecule has 0 aromatic heterocycles. The number of aliphatic hydroxyl groups excluding tert-OH is 1. The molecule has 3 aliphatic heterocycles. The fourth-order valence-corrected chi connectivity index (χ4v) is 7.54. The lowest BCUT2D eigenvalue weighted by Crippen LogP contribution is -2.59. The van der Waals surface area contributed by atoms with E-state index in [1.165, 1.54) is 0 Å². The number of carbonyl (C=O) groups is 2. The highest BCUT2D eigenvalue weighted by molar-refractivity contribution is 6.04. The minimum atomic E-state index is -1.41. The maximum Gasteiger partial charge on any atom is 0.319 e. The highest BCUT2D eigenvalue weighted by Gasteiger charge is 2.51. The van der Waals surface area contributed by atoms with E-state index in [4.69, 9.17) is 18.9 Å². The minimum Gasteiger partial charge on any atom is -0.463 e. The van der Waals surface area contributed by atoms with Crippen LogP contribution >= 0.6 is 0 Å². The van der Waals surface area contributed by atoms with Gasteiger partial charge in [0.1, 0.15) is 18.1 Å². The van der Waals surface area contributed by atoms with E-state index >= 15 is 0 Å². The number of cyclic esters (lactones) is 1. The second-order valence-electron chi connectivity index (χ2n) is 15.4. The van der Waals surface area contributed by atoms with Gasteiger partial charge in [0.05, 0.1) is 23.9 Å². The molecular weight excluding hydrogens is 576 g/mol. The number of likely N-dealkylation sites (N-methyl/N-ethyl adjacent to an activating group) is 2. The van der Waals surface area contributed by atoms with Gasteiger partial charge >= 0.3 is 5.97 Å². The van der Waals surface area contributed by atoms with Gasteiger partial charge in [0.25, 0.3) is 0 Å². The van der Waals surface area contributed by atoms with Gasteiger partial charge in [0.15, 0.2) is 12.1 Å². The molecule has 0 spiro atoms. The van der Waals surface area contributed by atoms with Crippen LogP contribution in [0.2, 0.25) is 0 Å². The first-order valence-corrected chi connectivity index (χ1v) is 17.0. The molecule has 0 aromatic rings. The van der Waals surface area contributed by atoms with Gasteiger partial charge in [-0.3, -0.25) is 24.3 Å². The summed E-state index contributed by atoms with van der Waals surface area (Å²) in [6, 6.07) is 0.331. The van der Waals surface area contributed by atoms with Crippen LogP contribution in [0.4, 0.5) is 0 Å². The Morgan fingerprint density at radius 2 is 1.69 bits per heavy atom. The molecule has 262 valence electrons. The Hall–Kier alpha value is -1.18. The molecule has 0 aromatic carbocycles. The van der Waals surface area contributed by atoms with Crippen molar-refractivity contribution in [2.24, 2.45) is 17.3 Å². The topological polar surface area (TPSA) is 104 Å². The normalized spacial score (nSPS) is 38.9. The summed E-state index contributed by atoms with van der Waals surface area (Å²) in [5.74, 6) is -1.42. The molecule has 0 saturated carbocycles. The summed E-state index contributed by atoms with van der Waals surface area (Å²) < 4.78 is 25.0. The highest BCUT2D eigenvalue weighted by atomic mass is 16.7. The van der Waals surface area contributed by atoms with Crippen molar-refractivity contribution in [3.05, 3.63) is 0 Å². The molecule has 0 unspecified atom stereocenters. The lowest BCUT2D eigenvalue weighted by molar-refractivity contribution is -0.295. The smallest absolute Gasteiger partial charge is 0.319 e. The van der Waals surface area contributed by atoms with E-state index < -0.39 is 41.4 Å². The van der Waals surface area contributed by atoms with Gasteiger partial charge in [-0.15, -0.1) is 0 Å². The zero-order valence-electron chi connectivity index (χ0n) is 30.2. The van der Waals surface area contributed by atoms with Crippen molar-refractivity contribution in [1.82, 2.24) is 19.6 Å². The second kappa shape index (κ2) is 15.8. The Bertz CT molecular complexity index is 972. The molecule has 3 saturated heterocycles. The number of hydrogen-bond acceptors (Lipinski definition) is 11. The highest BCUT2D eigenvalue weighted by Crippen LogP contribution is 2.38. The van der Waals surface area contributed by atoms with Gasteiger partial charge in [-0.2, -0.15) is 0 Å². The van der Waals surface area contributed by atoms with E-state index in [2.05, 4.69) is 42.5 Å². The maximum absolute atomic E-state index is 14.2. The molecule has 1 N–H and O–H groups in total. The van der Waals surface area contributed by atoms with E-state index in [9.17, 15) is 14.7 Å². The van der Waals surface area contributed by atoms with Gasteiger partial charge in [0, 0.05) is 64.4 Å². The number of rotatable bonds is 7. The summed E-state index contributed by atoms with van der Waals surface area (Å²) in [4.78, 5) is 37.1. The van der Waals surface area contributed by atoms with Crippen molar-refractivity contribution >= 4 is 11.8 Å². The van der Waals surface area contributed by atoms with Crippen molar-refractivity contribution < 1.29 is 33.6 Å². The molecule has 45 heavy (non-hydrogen) atoms. The van der Waals surface area contributed by atoms with Crippen molar-refractivity contribution in [3.63, 3.8) is 0 Å². The van der Waals surface area contributed by atoms with Gasteiger partial charge in [-0.1, -0.05) is 13.8 Å². The third-order valence-corrected chi connectivity index (χ3v) is 10.6. The van der Waals surface area contributed by atoms with Gasteiger partial charge in [-0.25, -0.2) is 0 Å². The molecule has 11 heteroatoms. The van der Waals surface area contributed by atoms with Crippen LogP contribution in [0.15, 0.2) is 0 Å². The molecule has 11 nitrogen and oxygen atoms in total. The molecular formula is C34H64N4O7. The predicted octanol–water partition coefficient (Wildman–Crippen LogP) is 2.34. The van der Waals surface area contributed by atoms with Gasteiger partial charge in [0.2, 0.25) is 0 Å². The number of hydrogen-bond donors (Lipinski definition) is 1. The van der Waals surface area contributed by atoms with Crippen molar-refractivity contribution in [2.75, 3.05) is 74.1 Å². The summed E-state index contributed by atoms with van der Waals surface area (Å²) in [6.07, 6.45) is -1.57. The Kier molecular flexibility index (Phi) is 13.4. The van der Waals surface area contributed by atoms with E-state index in [1.54, 1.807) is 27.9 Å². The summed E-state index contributed by atoms with van der Waals surface area (Å²) >= 11 is 0. The summed E-state index contributed by atoms with van der Waals surface area (Å²) in [5.41, 5.74) is -2.32. The molecule has 0 amide bonds. The maximum atomic E-state index is 14.2. The summed E-state index contributed by atoms with van der Waals surface area (Å²) in [5, 5.41) is 11.3. The Labute approximate surface area is 272 Å². The first kappa shape index (κ1) is 38.3. The van der Waals surface area contributed by atoms with E-state index in [0.717, 1.165) is 39.3 Å². The third-order valence-electron chi connectivity index (χ3n) is 10.6. The minimum absolute atomic E-state index is 0.0258. The number of methoxy groups -OCH3 is 1. The van der Waals surface area contributed by atoms with Crippen LogP contribution in [0.5, 0.6) is 0 Å². The quantitative estimate of drug-likeness (QED) is 0.328. The van der Waals surface area contributed by atoms with E-state index in [1.807, 2.05) is 32.8 Å². The van der Waals surface area contributed by atoms with Crippen LogP contribution in [0.25, 0.3) is 0 Å². The van der Waals surface area contributed by atoms with Crippen LogP contribution < -0.4 is 0 Å². The van der Waals surface area contributed by atoms with Crippen molar-refractivity contribution in [1.29, 1.82) is 0 Å². The number of piperazine rings is 1. The average Bonchev–Trinajstić information content (AvgIpc) is 2.97. The van der Waals surface area contributed by atoms with Gasteiger partial charge in [-0.05, 0) is 81.4 Å². The molecule has 3 rings (SSSR count). The first-order valence-electron chi connectivity index (χ1n) is 17.0. The number of nitrogens with zero attached hydrogens (tertiary/aromatic N) is 4. The number of aliphatic hydroxyl groups is 1. The van der Waals surface area contributed by atoms with Crippen molar-refractivity contribution in [3.8, 4) is 0 Å². The molecule has 3 fully saturated rings. The summed E-state index contributed by atoms with van der Waals surface area (Å²) in [6.45, 7) is 21.4. The number of Topliss-reactive ketones (excluding diaryl/α,β-unsaturated/α-hetero) is 1. The largest absolute Gasteiger partial charge is 0.463 e. The number of ether oxygens (including phenoxy) is 4. The Morgan fingerprint density at radius 1 is 1.07 bits per heavy atom. The van der Waals surface area contributed by atoms with Crippen LogP contribution in [-0.4, -0.2) is 159 Å². The van der Waals surface area contributed by atoms with E-state index in [-0.39, 0.29) is 36.5 Å². The predicted molar refractivity (Wildman–Crippen MR) is 175 cm³/mol. The third kappa shape index (κ3) is 9.25. The fourth-order valence-electron chi connectivity index (χ4n) is 7.54. The van der Waals surface area contributed by atoms with Crippen molar-refractivity contribution in [2.45, 2.75) is 117 Å². The fraction of sp³-hybridized carbons (Fsp3) is 0.941. The first-order chi connectivity index (χ1) is 20.9. The van der Waals surface area contributed by atoms with E-state index in [0.29, 0.717) is 18.9 Å². The molecule has 3 aliphatic rings. The van der Waals surface area contributed by atoms with Crippen LogP contribution in [0, 0.1) is 17.3 Å². The lowest BCUT2D eigenvalue weighted by Gasteiger charge is -2.47. The monoisotopic (exact) mass is 640 g/mol.